The van der Waals surface area contributed by atoms with Crippen LogP contribution in [0.15, 0.2) is 18.2 Å². The molecule has 114 valence electrons. The second-order valence-corrected chi connectivity index (χ2v) is 6.13. The van der Waals surface area contributed by atoms with Crippen molar-refractivity contribution >= 4 is 11.6 Å². The molecule has 3 rings (SSSR count). The molecule has 1 aromatic rings. The van der Waals surface area contributed by atoms with E-state index in [1.54, 1.807) is 0 Å². The molecule has 2 fully saturated rings. The topological polar surface area (TPSA) is 61.6 Å². The van der Waals surface area contributed by atoms with Crippen molar-refractivity contribution in [1.29, 1.82) is 0 Å². The van der Waals surface area contributed by atoms with Crippen molar-refractivity contribution in [2.45, 2.75) is 32.2 Å². The lowest BCUT2D eigenvalue weighted by Crippen LogP contribution is -2.37. The molecule has 5 heteroatoms. The number of hydrogen-bond donors (Lipinski definition) is 2. The molecule has 21 heavy (non-hydrogen) atoms. The quantitative estimate of drug-likeness (QED) is 0.655. The molecule has 0 bridgehead atoms. The molecule has 1 atom stereocenters. The van der Waals surface area contributed by atoms with E-state index in [0.29, 0.717) is 17.3 Å². The first-order chi connectivity index (χ1) is 10.2. The van der Waals surface area contributed by atoms with Gasteiger partial charge in [-0.05, 0) is 57.0 Å². The molecule has 2 heterocycles. The van der Waals surface area contributed by atoms with E-state index in [9.17, 15) is 4.79 Å². The number of hydrogen-bond acceptors (Lipinski definition) is 4. The minimum atomic E-state index is 0.0876. The van der Waals surface area contributed by atoms with Gasteiger partial charge in [-0.1, -0.05) is 6.07 Å². The number of carbonyl (C=O) groups is 1. The lowest BCUT2D eigenvalue weighted by atomic mass is 10.1. The summed E-state index contributed by atoms with van der Waals surface area (Å²) in [7, 11) is 0. The molecule has 1 unspecified atom stereocenters. The second-order valence-electron chi connectivity index (χ2n) is 6.13. The van der Waals surface area contributed by atoms with Gasteiger partial charge in [0.15, 0.2) is 0 Å². The molecule has 0 aliphatic carbocycles. The van der Waals surface area contributed by atoms with Crippen molar-refractivity contribution in [1.82, 2.24) is 9.80 Å². The summed E-state index contributed by atoms with van der Waals surface area (Å²) in [4.78, 5) is 17.2. The molecule has 0 spiro atoms. The van der Waals surface area contributed by atoms with Gasteiger partial charge >= 0.3 is 0 Å². The molecule has 1 aromatic carbocycles. The number of nitrogens with one attached hydrogen (secondary N) is 1. The van der Waals surface area contributed by atoms with E-state index in [0.717, 1.165) is 25.1 Å². The fraction of sp³-hybridized carbons (Fsp3) is 0.562. The van der Waals surface area contributed by atoms with Gasteiger partial charge in [0.25, 0.3) is 5.91 Å². The molecule has 2 aliphatic heterocycles. The number of nitrogen functional groups attached to an aromatic ring is 1. The molecule has 1 amide bonds. The summed E-state index contributed by atoms with van der Waals surface area (Å²) < 4.78 is 0. The van der Waals surface area contributed by atoms with Gasteiger partial charge in [0.2, 0.25) is 0 Å². The molecular formula is C16H24N4O. The number of nitrogens with zero attached hydrogens (tertiary/aromatic N) is 2. The van der Waals surface area contributed by atoms with Crippen LogP contribution in [0.25, 0.3) is 0 Å². The average molecular weight is 288 g/mol. The molecule has 3 N–H and O–H groups in total. The van der Waals surface area contributed by atoms with Crippen LogP contribution in [0, 0.1) is 6.92 Å². The summed E-state index contributed by atoms with van der Waals surface area (Å²) in [5.74, 6) is 5.64. The Morgan fingerprint density at radius 3 is 2.76 bits per heavy atom. The lowest BCUT2D eigenvalue weighted by molar-refractivity contribution is 0.0781. The highest BCUT2D eigenvalue weighted by Crippen LogP contribution is 2.24. The van der Waals surface area contributed by atoms with Crippen LogP contribution in [0.2, 0.25) is 0 Å². The van der Waals surface area contributed by atoms with Gasteiger partial charge in [-0.15, -0.1) is 0 Å². The third-order valence-corrected chi connectivity index (χ3v) is 4.67. The first-order valence-electron chi connectivity index (χ1n) is 7.79. The highest BCUT2D eigenvalue weighted by atomic mass is 16.2. The fourth-order valence-corrected chi connectivity index (χ4v) is 3.47. The second kappa shape index (κ2) is 6.03. The van der Waals surface area contributed by atoms with Crippen molar-refractivity contribution in [3.63, 3.8) is 0 Å². The molecule has 2 aliphatic rings. The van der Waals surface area contributed by atoms with Gasteiger partial charge in [0.1, 0.15) is 0 Å². The Morgan fingerprint density at radius 2 is 2.05 bits per heavy atom. The summed E-state index contributed by atoms with van der Waals surface area (Å²) in [5.41, 5.74) is 5.13. The summed E-state index contributed by atoms with van der Waals surface area (Å²) in [6.45, 7) is 6.06. The number of carbonyl (C=O) groups excluding carboxylic acids is 1. The zero-order valence-electron chi connectivity index (χ0n) is 12.6. The van der Waals surface area contributed by atoms with Crippen LogP contribution >= 0.6 is 0 Å². The Labute approximate surface area is 126 Å². The average Bonchev–Trinajstić information content (AvgIpc) is 3.17. The minimum absolute atomic E-state index is 0.0876. The summed E-state index contributed by atoms with van der Waals surface area (Å²) in [6.07, 6.45) is 3.68. The van der Waals surface area contributed by atoms with E-state index in [1.807, 2.05) is 30.0 Å². The van der Waals surface area contributed by atoms with Crippen LogP contribution in [0.4, 0.5) is 5.69 Å². The van der Waals surface area contributed by atoms with Gasteiger partial charge in [0, 0.05) is 19.1 Å². The number of aryl methyl sites for hydroxylation is 1. The Kier molecular flexibility index (Phi) is 4.12. The largest absolute Gasteiger partial charge is 0.337 e. The van der Waals surface area contributed by atoms with Crippen LogP contribution in [0.5, 0.6) is 0 Å². The Bertz CT molecular complexity index is 525. The number of rotatable bonds is 3. The van der Waals surface area contributed by atoms with Gasteiger partial charge in [-0.25, -0.2) is 0 Å². The third kappa shape index (κ3) is 2.89. The number of nitrogens with two attached hydrogens (primary N) is 1. The zero-order chi connectivity index (χ0) is 14.8. The molecular weight excluding hydrogens is 264 g/mol. The fourth-order valence-electron chi connectivity index (χ4n) is 3.47. The summed E-state index contributed by atoms with van der Waals surface area (Å²) in [5, 5.41) is 0. The highest BCUT2D eigenvalue weighted by Gasteiger charge is 2.32. The van der Waals surface area contributed by atoms with E-state index in [2.05, 4.69) is 10.3 Å². The lowest BCUT2D eigenvalue weighted by Gasteiger charge is -2.24. The highest BCUT2D eigenvalue weighted by molar-refractivity contribution is 5.99. The number of hydrazine groups is 1. The third-order valence-electron chi connectivity index (χ3n) is 4.67. The summed E-state index contributed by atoms with van der Waals surface area (Å²) in [6, 6.07) is 6.29. The Morgan fingerprint density at radius 1 is 1.29 bits per heavy atom. The first-order valence-corrected chi connectivity index (χ1v) is 7.79. The van der Waals surface area contributed by atoms with E-state index >= 15 is 0 Å². The van der Waals surface area contributed by atoms with Crippen molar-refractivity contribution in [3.8, 4) is 0 Å². The predicted octanol–water partition coefficient (Wildman–Crippen LogP) is 1.59. The van der Waals surface area contributed by atoms with Gasteiger partial charge < -0.3 is 10.3 Å². The van der Waals surface area contributed by atoms with Gasteiger partial charge in [-0.2, -0.15) is 0 Å². The number of benzene rings is 1. The Hall–Kier alpha value is -1.59. The SMILES string of the molecule is Cc1ccc(C(=O)N2CCC(N3CCCC3)C2)c(NN)c1. The van der Waals surface area contributed by atoms with Crippen LogP contribution < -0.4 is 11.3 Å². The van der Waals surface area contributed by atoms with Crippen molar-refractivity contribution < 1.29 is 4.79 Å². The summed E-state index contributed by atoms with van der Waals surface area (Å²) >= 11 is 0. The van der Waals surface area contributed by atoms with E-state index in [1.165, 1.54) is 25.9 Å². The molecule has 5 nitrogen and oxygen atoms in total. The maximum atomic E-state index is 12.7. The zero-order valence-corrected chi connectivity index (χ0v) is 12.6. The monoisotopic (exact) mass is 288 g/mol. The van der Waals surface area contributed by atoms with E-state index < -0.39 is 0 Å². The molecule has 0 radical (unpaired) electrons. The first kappa shape index (κ1) is 14.4. The minimum Gasteiger partial charge on any atom is -0.337 e. The Balaban J connectivity index is 1.71. The van der Waals surface area contributed by atoms with Crippen molar-refractivity contribution in [2.75, 3.05) is 31.6 Å². The maximum absolute atomic E-state index is 12.7. The van der Waals surface area contributed by atoms with Crippen LogP contribution in [0.1, 0.15) is 35.2 Å². The van der Waals surface area contributed by atoms with Gasteiger partial charge in [0.05, 0.1) is 11.3 Å². The van der Waals surface area contributed by atoms with Crippen molar-refractivity contribution in [3.05, 3.63) is 29.3 Å². The van der Waals surface area contributed by atoms with Crippen LogP contribution in [-0.4, -0.2) is 47.9 Å². The molecule has 2 saturated heterocycles. The van der Waals surface area contributed by atoms with Gasteiger partial charge in [-0.3, -0.25) is 15.5 Å². The van der Waals surface area contributed by atoms with Crippen LogP contribution in [-0.2, 0) is 0 Å². The number of anilines is 1. The van der Waals surface area contributed by atoms with Crippen LogP contribution in [0.3, 0.4) is 0 Å². The smallest absolute Gasteiger partial charge is 0.256 e. The van der Waals surface area contributed by atoms with E-state index in [4.69, 9.17) is 5.84 Å². The molecule has 0 aromatic heterocycles. The normalized spacial score (nSPS) is 22.8. The van der Waals surface area contributed by atoms with E-state index in [-0.39, 0.29) is 5.91 Å². The number of likely N-dealkylation sites (tertiary alicyclic amines) is 2. The predicted molar refractivity (Wildman–Crippen MR) is 84.1 cm³/mol. The van der Waals surface area contributed by atoms with Crippen molar-refractivity contribution in [2.24, 2.45) is 5.84 Å². The maximum Gasteiger partial charge on any atom is 0.256 e. The standard InChI is InChI=1S/C16H24N4O/c1-12-4-5-14(15(10-12)18-17)16(21)20-9-6-13(11-20)19-7-2-3-8-19/h4-5,10,13,18H,2-3,6-9,11,17H2,1H3. The molecule has 0 saturated carbocycles. The number of amides is 1.